The van der Waals surface area contributed by atoms with Crippen LogP contribution in [0, 0.1) is 0 Å². The van der Waals surface area contributed by atoms with E-state index in [1.54, 1.807) is 0 Å². The number of para-hydroxylation sites is 2. The van der Waals surface area contributed by atoms with Crippen molar-refractivity contribution in [3.05, 3.63) is 60.2 Å². The summed E-state index contributed by atoms with van der Waals surface area (Å²) in [7, 11) is 0. The molecule has 0 radical (unpaired) electrons. The molecule has 0 saturated heterocycles. The van der Waals surface area contributed by atoms with Crippen LogP contribution in [-0.2, 0) is 6.61 Å². The molecule has 3 heteroatoms. The van der Waals surface area contributed by atoms with Crippen LogP contribution >= 0.6 is 0 Å². The average molecular weight is 270 g/mol. The highest BCUT2D eigenvalue weighted by atomic mass is 16.5. The van der Waals surface area contributed by atoms with Gasteiger partial charge in [-0.15, -0.1) is 0 Å². The molecule has 0 unspecified atom stereocenters. The van der Waals surface area contributed by atoms with Gasteiger partial charge in [0.1, 0.15) is 12.4 Å². The summed E-state index contributed by atoms with van der Waals surface area (Å²) >= 11 is 0. The molecule has 3 nitrogen and oxygen atoms in total. The molecular formula is C17H22N2O. The Morgan fingerprint density at radius 1 is 0.900 bits per heavy atom. The molecule has 2 aromatic carbocycles. The first kappa shape index (κ1) is 14.4. The highest BCUT2D eigenvalue weighted by Gasteiger charge is 2.02. The maximum Gasteiger partial charge on any atom is 0.142 e. The van der Waals surface area contributed by atoms with Crippen molar-refractivity contribution in [2.24, 2.45) is 0 Å². The van der Waals surface area contributed by atoms with Crippen molar-refractivity contribution in [3.8, 4) is 5.75 Å². The molecule has 0 aliphatic rings. The Morgan fingerprint density at radius 2 is 1.65 bits per heavy atom. The first-order valence-corrected chi connectivity index (χ1v) is 7.10. The molecule has 0 atom stereocenters. The van der Waals surface area contributed by atoms with Crippen LogP contribution in [0.15, 0.2) is 54.6 Å². The minimum Gasteiger partial charge on any atom is -0.487 e. The molecule has 2 rings (SSSR count). The van der Waals surface area contributed by atoms with Crippen LogP contribution in [0.1, 0.15) is 12.5 Å². The summed E-state index contributed by atoms with van der Waals surface area (Å²) < 4.78 is 5.90. The second kappa shape index (κ2) is 8.23. The lowest BCUT2D eigenvalue weighted by molar-refractivity contribution is 0.307. The van der Waals surface area contributed by atoms with Gasteiger partial charge in [0.15, 0.2) is 0 Å². The minimum absolute atomic E-state index is 0.590. The number of hydrogen-bond acceptors (Lipinski definition) is 3. The van der Waals surface area contributed by atoms with Crippen LogP contribution in [0.2, 0.25) is 0 Å². The summed E-state index contributed by atoms with van der Waals surface area (Å²) in [5, 5.41) is 6.69. The molecule has 106 valence electrons. The average Bonchev–Trinajstić information content (AvgIpc) is 2.51. The quantitative estimate of drug-likeness (QED) is 0.722. The second-order valence-corrected chi connectivity index (χ2v) is 4.55. The van der Waals surface area contributed by atoms with Crippen molar-refractivity contribution in [3.63, 3.8) is 0 Å². The fraction of sp³-hybridized carbons (Fsp3) is 0.294. The summed E-state index contributed by atoms with van der Waals surface area (Å²) in [6, 6.07) is 18.3. The van der Waals surface area contributed by atoms with Crippen LogP contribution in [0.5, 0.6) is 5.75 Å². The largest absolute Gasteiger partial charge is 0.487 e. The highest BCUT2D eigenvalue weighted by molar-refractivity contribution is 5.56. The number of nitrogens with one attached hydrogen (secondary N) is 2. The lowest BCUT2D eigenvalue weighted by atomic mass is 10.2. The SMILES string of the molecule is CCNCCNc1ccccc1OCc1ccccc1. The first-order chi connectivity index (χ1) is 9.90. The smallest absolute Gasteiger partial charge is 0.142 e. The van der Waals surface area contributed by atoms with E-state index in [4.69, 9.17) is 4.74 Å². The van der Waals surface area contributed by atoms with Crippen molar-refractivity contribution in [1.82, 2.24) is 5.32 Å². The minimum atomic E-state index is 0.590. The molecule has 2 N–H and O–H groups in total. The normalized spacial score (nSPS) is 10.2. The number of ether oxygens (including phenoxy) is 1. The van der Waals surface area contributed by atoms with Crippen molar-refractivity contribution < 1.29 is 4.74 Å². The van der Waals surface area contributed by atoms with Crippen LogP contribution in [0.25, 0.3) is 0 Å². The predicted molar refractivity (Wildman–Crippen MR) is 84.2 cm³/mol. The predicted octanol–water partition coefficient (Wildman–Crippen LogP) is 3.29. The summed E-state index contributed by atoms with van der Waals surface area (Å²) in [5.74, 6) is 0.896. The van der Waals surface area contributed by atoms with E-state index in [1.165, 1.54) is 5.56 Å². The third kappa shape index (κ3) is 4.59. The van der Waals surface area contributed by atoms with Gasteiger partial charge in [0.25, 0.3) is 0 Å². The van der Waals surface area contributed by atoms with Gasteiger partial charge in [-0.3, -0.25) is 0 Å². The first-order valence-electron chi connectivity index (χ1n) is 7.10. The van der Waals surface area contributed by atoms with E-state index < -0.39 is 0 Å². The maximum absolute atomic E-state index is 5.90. The molecule has 0 aliphatic heterocycles. The third-order valence-corrected chi connectivity index (χ3v) is 2.99. The molecule has 0 fully saturated rings. The molecule has 20 heavy (non-hydrogen) atoms. The molecule has 0 bridgehead atoms. The summed E-state index contributed by atoms with van der Waals surface area (Å²) in [6.45, 7) is 5.53. The molecule has 0 spiro atoms. The van der Waals surface area contributed by atoms with Gasteiger partial charge in [0, 0.05) is 13.1 Å². The summed E-state index contributed by atoms with van der Waals surface area (Å²) in [6.07, 6.45) is 0. The van der Waals surface area contributed by atoms with E-state index in [0.29, 0.717) is 6.61 Å². The number of benzene rings is 2. The lowest BCUT2D eigenvalue weighted by Gasteiger charge is -2.13. The van der Waals surface area contributed by atoms with Gasteiger partial charge in [-0.1, -0.05) is 49.4 Å². The zero-order valence-electron chi connectivity index (χ0n) is 11.9. The van der Waals surface area contributed by atoms with Crippen LogP contribution < -0.4 is 15.4 Å². The fourth-order valence-corrected chi connectivity index (χ4v) is 1.94. The number of hydrogen-bond donors (Lipinski definition) is 2. The van der Waals surface area contributed by atoms with Gasteiger partial charge in [-0.05, 0) is 24.2 Å². The second-order valence-electron chi connectivity index (χ2n) is 4.55. The Balaban J connectivity index is 1.90. The molecule has 0 aliphatic carbocycles. The van der Waals surface area contributed by atoms with Gasteiger partial charge < -0.3 is 15.4 Å². The lowest BCUT2D eigenvalue weighted by Crippen LogP contribution is -2.21. The Labute approximate surface area is 121 Å². The standard InChI is InChI=1S/C17H22N2O/c1-2-18-12-13-19-16-10-6-7-11-17(16)20-14-15-8-4-3-5-9-15/h3-11,18-19H,2,12-14H2,1H3. The molecule has 0 saturated carbocycles. The van der Waals surface area contributed by atoms with E-state index in [1.807, 2.05) is 42.5 Å². The van der Waals surface area contributed by atoms with Gasteiger partial charge in [0.2, 0.25) is 0 Å². The van der Waals surface area contributed by atoms with Crippen molar-refractivity contribution in [2.45, 2.75) is 13.5 Å². The maximum atomic E-state index is 5.90. The van der Waals surface area contributed by atoms with Crippen molar-refractivity contribution in [1.29, 1.82) is 0 Å². The Hall–Kier alpha value is -2.00. The van der Waals surface area contributed by atoms with Gasteiger partial charge >= 0.3 is 0 Å². The topological polar surface area (TPSA) is 33.3 Å². The summed E-state index contributed by atoms with van der Waals surface area (Å²) in [5.41, 5.74) is 2.22. The van der Waals surface area contributed by atoms with E-state index in [0.717, 1.165) is 31.1 Å². The molecule has 0 amide bonds. The Morgan fingerprint density at radius 3 is 2.45 bits per heavy atom. The van der Waals surface area contributed by atoms with E-state index in [9.17, 15) is 0 Å². The molecule has 0 heterocycles. The van der Waals surface area contributed by atoms with Gasteiger partial charge in [-0.2, -0.15) is 0 Å². The van der Waals surface area contributed by atoms with Crippen LogP contribution in [0.4, 0.5) is 5.69 Å². The zero-order valence-corrected chi connectivity index (χ0v) is 11.9. The van der Waals surface area contributed by atoms with E-state index in [2.05, 4.69) is 29.7 Å². The van der Waals surface area contributed by atoms with Crippen LogP contribution in [0.3, 0.4) is 0 Å². The molecule has 0 aromatic heterocycles. The molecule has 2 aromatic rings. The summed E-state index contributed by atoms with van der Waals surface area (Å²) in [4.78, 5) is 0. The van der Waals surface area contributed by atoms with E-state index >= 15 is 0 Å². The van der Waals surface area contributed by atoms with Crippen molar-refractivity contribution in [2.75, 3.05) is 25.0 Å². The fourth-order valence-electron chi connectivity index (χ4n) is 1.94. The number of likely N-dealkylation sites (N-methyl/N-ethyl adjacent to an activating group) is 1. The van der Waals surface area contributed by atoms with Gasteiger partial charge in [0.05, 0.1) is 5.69 Å². The zero-order chi connectivity index (χ0) is 14.0. The Bertz CT molecular complexity index is 499. The monoisotopic (exact) mass is 270 g/mol. The highest BCUT2D eigenvalue weighted by Crippen LogP contribution is 2.24. The number of rotatable bonds is 8. The Kier molecular flexibility index (Phi) is 5.93. The third-order valence-electron chi connectivity index (χ3n) is 2.99. The van der Waals surface area contributed by atoms with Crippen LogP contribution in [-0.4, -0.2) is 19.6 Å². The van der Waals surface area contributed by atoms with Crippen molar-refractivity contribution >= 4 is 5.69 Å². The van der Waals surface area contributed by atoms with E-state index in [-0.39, 0.29) is 0 Å². The van der Waals surface area contributed by atoms with Gasteiger partial charge in [-0.25, -0.2) is 0 Å². The number of anilines is 1. The molecular weight excluding hydrogens is 248 g/mol.